The molecule has 0 saturated carbocycles. The van der Waals surface area contributed by atoms with Gasteiger partial charge in [0.25, 0.3) is 0 Å². The smallest absolute Gasteiger partial charge is 0.326 e. The van der Waals surface area contributed by atoms with Gasteiger partial charge in [-0.2, -0.15) is 0 Å². The van der Waals surface area contributed by atoms with E-state index in [2.05, 4.69) is 10.6 Å². The van der Waals surface area contributed by atoms with Gasteiger partial charge in [0.15, 0.2) is 0 Å². The summed E-state index contributed by atoms with van der Waals surface area (Å²) in [6.45, 7) is 8.70. The molecule has 5 N–H and O–H groups in total. The van der Waals surface area contributed by atoms with Gasteiger partial charge in [0.2, 0.25) is 11.8 Å². The Morgan fingerprint density at radius 3 is 1.95 bits per heavy atom. The van der Waals surface area contributed by atoms with Crippen LogP contribution in [0.4, 0.5) is 0 Å². The van der Waals surface area contributed by atoms with Crippen LogP contribution < -0.4 is 16.4 Å². The zero-order valence-corrected chi connectivity index (χ0v) is 13.3. The van der Waals surface area contributed by atoms with E-state index in [-0.39, 0.29) is 11.8 Å². The van der Waals surface area contributed by atoms with Crippen molar-refractivity contribution in [3.05, 3.63) is 0 Å². The molecule has 0 heterocycles. The molecule has 0 radical (unpaired) electrons. The van der Waals surface area contributed by atoms with E-state index < -0.39 is 35.9 Å². The van der Waals surface area contributed by atoms with Crippen molar-refractivity contribution in [3.8, 4) is 0 Å². The summed E-state index contributed by atoms with van der Waals surface area (Å²) in [7, 11) is 0. The van der Waals surface area contributed by atoms with Gasteiger partial charge < -0.3 is 21.5 Å². The molecule has 7 nitrogen and oxygen atoms in total. The fourth-order valence-electron chi connectivity index (χ4n) is 1.64. The first-order chi connectivity index (χ1) is 9.61. The molecular formula is C14H27N3O4. The summed E-state index contributed by atoms with van der Waals surface area (Å²) in [5, 5.41) is 14.1. The predicted octanol–water partition coefficient (Wildman–Crippen LogP) is 0.0899. The van der Waals surface area contributed by atoms with Crippen molar-refractivity contribution < 1.29 is 19.5 Å². The molecule has 0 aromatic heterocycles. The average molecular weight is 301 g/mol. The Bertz CT molecular complexity index is 384. The quantitative estimate of drug-likeness (QED) is 0.506. The van der Waals surface area contributed by atoms with Crippen molar-refractivity contribution in [2.45, 2.75) is 59.2 Å². The number of carbonyl (C=O) groups excluding carboxylic acids is 2. The minimum Gasteiger partial charge on any atom is -0.480 e. The Kier molecular flexibility index (Phi) is 7.94. The third-order valence-electron chi connectivity index (χ3n) is 3.55. The molecular weight excluding hydrogens is 274 g/mol. The van der Waals surface area contributed by atoms with Gasteiger partial charge in [-0.3, -0.25) is 9.59 Å². The van der Waals surface area contributed by atoms with Crippen LogP contribution >= 0.6 is 0 Å². The first kappa shape index (κ1) is 19.4. The number of hydrogen-bond acceptors (Lipinski definition) is 4. The molecule has 0 saturated heterocycles. The van der Waals surface area contributed by atoms with E-state index >= 15 is 0 Å². The van der Waals surface area contributed by atoms with Crippen LogP contribution in [0.25, 0.3) is 0 Å². The SMILES string of the molecule is CCC(C)C(NC(=O)C(C)NC(=O)C(N)C(C)C)C(=O)O. The first-order valence-corrected chi connectivity index (χ1v) is 7.20. The molecule has 0 aliphatic heterocycles. The van der Waals surface area contributed by atoms with Gasteiger partial charge in [-0.25, -0.2) is 4.79 Å². The number of nitrogens with one attached hydrogen (secondary N) is 2. The zero-order valence-electron chi connectivity index (χ0n) is 13.3. The summed E-state index contributed by atoms with van der Waals surface area (Å²) in [5.74, 6) is -2.30. The molecule has 0 fully saturated rings. The molecule has 21 heavy (non-hydrogen) atoms. The molecule has 0 aliphatic rings. The number of aliphatic carboxylic acids is 1. The van der Waals surface area contributed by atoms with E-state index in [9.17, 15) is 14.4 Å². The molecule has 4 unspecified atom stereocenters. The summed E-state index contributed by atoms with van der Waals surface area (Å²) >= 11 is 0. The Morgan fingerprint density at radius 1 is 1.05 bits per heavy atom. The van der Waals surface area contributed by atoms with Crippen molar-refractivity contribution in [1.29, 1.82) is 0 Å². The van der Waals surface area contributed by atoms with E-state index in [1.807, 2.05) is 6.92 Å². The number of nitrogens with two attached hydrogens (primary N) is 1. The second kappa shape index (κ2) is 8.61. The summed E-state index contributed by atoms with van der Waals surface area (Å²) in [5.41, 5.74) is 5.69. The Balaban J connectivity index is 4.64. The summed E-state index contributed by atoms with van der Waals surface area (Å²) in [6, 6.07) is -2.51. The van der Waals surface area contributed by atoms with Crippen LogP contribution in [0.5, 0.6) is 0 Å². The molecule has 122 valence electrons. The Labute approximate surface area is 125 Å². The standard InChI is InChI=1S/C14H27N3O4/c1-6-8(4)11(14(20)21)17-12(18)9(5)16-13(19)10(15)7(2)3/h7-11H,6,15H2,1-5H3,(H,16,19)(H,17,18)(H,20,21). The van der Waals surface area contributed by atoms with Crippen molar-refractivity contribution in [3.63, 3.8) is 0 Å². The van der Waals surface area contributed by atoms with Crippen LogP contribution in [0.15, 0.2) is 0 Å². The first-order valence-electron chi connectivity index (χ1n) is 7.20. The number of rotatable bonds is 8. The molecule has 0 aromatic carbocycles. The van der Waals surface area contributed by atoms with Gasteiger partial charge in [-0.05, 0) is 18.8 Å². The zero-order chi connectivity index (χ0) is 16.7. The Morgan fingerprint density at radius 2 is 1.57 bits per heavy atom. The fourth-order valence-corrected chi connectivity index (χ4v) is 1.64. The maximum Gasteiger partial charge on any atom is 0.326 e. The van der Waals surface area contributed by atoms with Gasteiger partial charge in [-0.1, -0.05) is 34.1 Å². The molecule has 0 aliphatic carbocycles. The lowest BCUT2D eigenvalue weighted by Gasteiger charge is -2.23. The average Bonchev–Trinajstić information content (AvgIpc) is 2.41. The van der Waals surface area contributed by atoms with Gasteiger partial charge in [0, 0.05) is 0 Å². The summed E-state index contributed by atoms with van der Waals surface area (Å²) in [4.78, 5) is 34.9. The van der Waals surface area contributed by atoms with Crippen molar-refractivity contribution >= 4 is 17.8 Å². The lowest BCUT2D eigenvalue weighted by molar-refractivity contribution is -0.143. The predicted molar refractivity (Wildman–Crippen MR) is 79.4 cm³/mol. The van der Waals surface area contributed by atoms with Crippen LogP contribution in [-0.4, -0.2) is 41.0 Å². The number of carboxylic acid groups (broad SMARTS) is 1. The highest BCUT2D eigenvalue weighted by atomic mass is 16.4. The lowest BCUT2D eigenvalue weighted by atomic mass is 9.99. The molecule has 0 aromatic rings. The Hall–Kier alpha value is -1.63. The lowest BCUT2D eigenvalue weighted by Crippen LogP contribution is -2.55. The molecule has 7 heteroatoms. The van der Waals surface area contributed by atoms with Gasteiger partial charge >= 0.3 is 5.97 Å². The van der Waals surface area contributed by atoms with E-state index in [1.165, 1.54) is 6.92 Å². The maximum absolute atomic E-state index is 12.0. The molecule has 4 atom stereocenters. The summed E-state index contributed by atoms with van der Waals surface area (Å²) in [6.07, 6.45) is 0.621. The molecule has 0 spiro atoms. The highest BCUT2D eigenvalue weighted by Crippen LogP contribution is 2.08. The van der Waals surface area contributed by atoms with E-state index in [1.54, 1.807) is 20.8 Å². The van der Waals surface area contributed by atoms with Crippen molar-refractivity contribution in [2.75, 3.05) is 0 Å². The minimum absolute atomic E-state index is 0.0489. The van der Waals surface area contributed by atoms with Crippen molar-refractivity contribution in [1.82, 2.24) is 10.6 Å². The highest BCUT2D eigenvalue weighted by molar-refractivity contribution is 5.91. The van der Waals surface area contributed by atoms with Crippen LogP contribution in [0.3, 0.4) is 0 Å². The maximum atomic E-state index is 12.0. The topological polar surface area (TPSA) is 122 Å². The van der Waals surface area contributed by atoms with Crippen LogP contribution in [0.1, 0.15) is 41.0 Å². The summed E-state index contributed by atoms with van der Waals surface area (Å²) < 4.78 is 0. The molecule has 0 bridgehead atoms. The third kappa shape index (κ3) is 6.12. The molecule has 0 rings (SSSR count). The number of hydrogen-bond donors (Lipinski definition) is 4. The van der Waals surface area contributed by atoms with Crippen LogP contribution in [-0.2, 0) is 14.4 Å². The number of carboxylic acids is 1. The minimum atomic E-state index is -1.09. The van der Waals surface area contributed by atoms with Crippen LogP contribution in [0.2, 0.25) is 0 Å². The van der Waals surface area contributed by atoms with Gasteiger partial charge in [0.1, 0.15) is 12.1 Å². The normalized spacial score (nSPS) is 16.7. The van der Waals surface area contributed by atoms with Gasteiger partial charge in [-0.15, -0.1) is 0 Å². The second-order valence-electron chi connectivity index (χ2n) is 5.71. The fraction of sp³-hybridized carbons (Fsp3) is 0.786. The van der Waals surface area contributed by atoms with E-state index in [0.717, 1.165) is 0 Å². The monoisotopic (exact) mass is 301 g/mol. The van der Waals surface area contributed by atoms with Crippen molar-refractivity contribution in [2.24, 2.45) is 17.6 Å². The van der Waals surface area contributed by atoms with E-state index in [0.29, 0.717) is 6.42 Å². The number of carbonyl (C=O) groups is 3. The van der Waals surface area contributed by atoms with E-state index in [4.69, 9.17) is 10.8 Å². The highest BCUT2D eigenvalue weighted by Gasteiger charge is 2.28. The largest absolute Gasteiger partial charge is 0.480 e. The van der Waals surface area contributed by atoms with Gasteiger partial charge in [0.05, 0.1) is 6.04 Å². The second-order valence-corrected chi connectivity index (χ2v) is 5.71. The third-order valence-corrected chi connectivity index (χ3v) is 3.55. The number of amides is 2. The van der Waals surface area contributed by atoms with Crippen LogP contribution in [0, 0.1) is 11.8 Å². The molecule has 2 amide bonds.